The summed E-state index contributed by atoms with van der Waals surface area (Å²) in [5, 5.41) is 21.8. The van der Waals surface area contributed by atoms with Crippen LogP contribution < -0.4 is 5.32 Å². The van der Waals surface area contributed by atoms with E-state index in [1.807, 2.05) is 0 Å². The summed E-state index contributed by atoms with van der Waals surface area (Å²) in [6.45, 7) is 1.60. The van der Waals surface area contributed by atoms with Gasteiger partial charge >= 0.3 is 5.97 Å². The molecule has 6 heteroatoms. The Morgan fingerprint density at radius 2 is 2.41 bits per heavy atom. The molecular formula is C11H15NO5. The van der Waals surface area contributed by atoms with Crippen molar-refractivity contribution in [1.29, 1.82) is 0 Å². The second kappa shape index (κ2) is 4.87. The summed E-state index contributed by atoms with van der Waals surface area (Å²) < 4.78 is 9.95. The Morgan fingerprint density at radius 3 is 3.06 bits per heavy atom. The minimum Gasteiger partial charge on any atom is -0.475 e. The summed E-state index contributed by atoms with van der Waals surface area (Å²) in [5.74, 6) is -1.15. The number of aliphatic hydroxyl groups is 1. The third-order valence-corrected chi connectivity index (χ3v) is 2.79. The first-order chi connectivity index (χ1) is 8.11. The molecule has 0 spiro atoms. The summed E-state index contributed by atoms with van der Waals surface area (Å²) in [7, 11) is 0. The molecule has 2 rings (SSSR count). The molecule has 1 aliphatic heterocycles. The highest BCUT2D eigenvalue weighted by atomic mass is 16.5. The van der Waals surface area contributed by atoms with Crippen LogP contribution in [0.15, 0.2) is 16.7 Å². The lowest BCUT2D eigenvalue weighted by Crippen LogP contribution is -2.40. The van der Waals surface area contributed by atoms with Crippen LogP contribution in [0.5, 0.6) is 0 Å². The number of hydrogen-bond donors (Lipinski definition) is 3. The quantitative estimate of drug-likeness (QED) is 0.683. The molecular weight excluding hydrogens is 226 g/mol. The van der Waals surface area contributed by atoms with E-state index in [9.17, 15) is 9.90 Å². The fraction of sp³-hybridized carbons (Fsp3) is 0.545. The third-order valence-electron chi connectivity index (χ3n) is 2.79. The van der Waals surface area contributed by atoms with Crippen LogP contribution in [0.3, 0.4) is 0 Å². The number of rotatable bonds is 5. The van der Waals surface area contributed by atoms with Crippen molar-refractivity contribution in [1.82, 2.24) is 5.32 Å². The van der Waals surface area contributed by atoms with Gasteiger partial charge in [0.05, 0.1) is 12.9 Å². The van der Waals surface area contributed by atoms with E-state index in [1.54, 1.807) is 6.07 Å². The highest BCUT2D eigenvalue weighted by Gasteiger charge is 2.31. The van der Waals surface area contributed by atoms with Crippen LogP contribution in [0.1, 0.15) is 22.5 Å². The van der Waals surface area contributed by atoms with Crippen molar-refractivity contribution in [2.24, 2.45) is 0 Å². The monoisotopic (exact) mass is 241 g/mol. The first-order valence-corrected chi connectivity index (χ1v) is 5.41. The predicted octanol–water partition coefficient (Wildman–Crippen LogP) is 0.219. The topological polar surface area (TPSA) is 91.9 Å². The average Bonchev–Trinajstić information content (AvgIpc) is 2.87. The van der Waals surface area contributed by atoms with Gasteiger partial charge in [-0.15, -0.1) is 0 Å². The Morgan fingerprint density at radius 1 is 1.59 bits per heavy atom. The van der Waals surface area contributed by atoms with Crippen molar-refractivity contribution in [2.45, 2.75) is 18.6 Å². The number of carbonyl (C=O) groups is 1. The summed E-state index contributed by atoms with van der Waals surface area (Å²) in [5.41, 5.74) is -0.271. The predicted molar refractivity (Wildman–Crippen MR) is 57.8 cm³/mol. The number of carboxylic acids is 1. The van der Waals surface area contributed by atoms with Crippen LogP contribution in [0.4, 0.5) is 0 Å². The van der Waals surface area contributed by atoms with E-state index in [0.717, 1.165) is 0 Å². The zero-order valence-electron chi connectivity index (χ0n) is 9.31. The molecule has 17 heavy (non-hydrogen) atoms. The first kappa shape index (κ1) is 12.1. The third kappa shape index (κ3) is 2.85. The van der Waals surface area contributed by atoms with Gasteiger partial charge < -0.3 is 24.7 Å². The molecule has 0 bridgehead atoms. The highest BCUT2D eigenvalue weighted by molar-refractivity contribution is 5.86. The SMILES string of the molecule is O=C(O)c1occc1CNCC1(O)CCOC1. The second-order valence-electron chi connectivity index (χ2n) is 4.21. The number of hydrogen-bond acceptors (Lipinski definition) is 5. The van der Waals surface area contributed by atoms with E-state index in [1.165, 1.54) is 6.26 Å². The van der Waals surface area contributed by atoms with Crippen molar-refractivity contribution >= 4 is 5.97 Å². The lowest BCUT2D eigenvalue weighted by molar-refractivity contribution is 0.0268. The molecule has 1 aromatic heterocycles. The second-order valence-corrected chi connectivity index (χ2v) is 4.21. The van der Waals surface area contributed by atoms with Crippen LogP contribution in [0.2, 0.25) is 0 Å². The van der Waals surface area contributed by atoms with Crippen molar-refractivity contribution in [3.8, 4) is 0 Å². The Hall–Kier alpha value is -1.37. The van der Waals surface area contributed by atoms with Crippen molar-refractivity contribution < 1.29 is 24.2 Å². The Balaban J connectivity index is 1.85. The summed E-state index contributed by atoms with van der Waals surface area (Å²) in [4.78, 5) is 10.8. The molecule has 1 aromatic rings. The molecule has 0 amide bonds. The van der Waals surface area contributed by atoms with Gasteiger partial charge in [-0.25, -0.2) is 4.79 Å². The standard InChI is InChI=1S/C11H15NO5/c13-10(14)9-8(1-3-17-9)5-12-6-11(15)2-4-16-7-11/h1,3,12,15H,2,4-7H2,(H,13,14). The molecule has 3 N–H and O–H groups in total. The molecule has 1 aliphatic rings. The molecule has 0 aromatic carbocycles. The fourth-order valence-electron chi connectivity index (χ4n) is 1.83. The number of ether oxygens (including phenoxy) is 1. The minimum atomic E-state index is -1.09. The number of nitrogens with one attached hydrogen (secondary N) is 1. The van der Waals surface area contributed by atoms with Gasteiger partial charge in [-0.2, -0.15) is 0 Å². The van der Waals surface area contributed by atoms with Crippen LogP contribution in [0, 0.1) is 0 Å². The summed E-state index contributed by atoms with van der Waals surface area (Å²) in [6, 6.07) is 1.60. The fourth-order valence-corrected chi connectivity index (χ4v) is 1.83. The maximum atomic E-state index is 10.8. The van der Waals surface area contributed by atoms with Gasteiger partial charge in [0.1, 0.15) is 5.60 Å². The largest absolute Gasteiger partial charge is 0.475 e. The highest BCUT2D eigenvalue weighted by Crippen LogP contribution is 2.17. The lowest BCUT2D eigenvalue weighted by Gasteiger charge is -2.20. The number of aromatic carboxylic acids is 1. The van der Waals surface area contributed by atoms with Crippen LogP contribution in [-0.4, -0.2) is 41.5 Å². The van der Waals surface area contributed by atoms with Gasteiger partial charge in [0.25, 0.3) is 0 Å². The molecule has 0 radical (unpaired) electrons. The molecule has 0 aliphatic carbocycles. The van der Waals surface area contributed by atoms with Crippen LogP contribution >= 0.6 is 0 Å². The van der Waals surface area contributed by atoms with Gasteiger partial charge in [0, 0.05) is 31.7 Å². The van der Waals surface area contributed by atoms with Gasteiger partial charge in [-0.3, -0.25) is 0 Å². The van der Waals surface area contributed by atoms with Gasteiger partial charge in [-0.1, -0.05) is 0 Å². The molecule has 1 atom stereocenters. The molecule has 2 heterocycles. The van der Waals surface area contributed by atoms with Gasteiger partial charge in [0.15, 0.2) is 0 Å². The van der Waals surface area contributed by atoms with Crippen LogP contribution in [0.25, 0.3) is 0 Å². The van der Waals surface area contributed by atoms with E-state index in [4.69, 9.17) is 14.3 Å². The smallest absolute Gasteiger partial charge is 0.372 e. The van der Waals surface area contributed by atoms with Crippen molar-refractivity contribution in [2.75, 3.05) is 19.8 Å². The lowest BCUT2D eigenvalue weighted by atomic mass is 10.0. The van der Waals surface area contributed by atoms with E-state index in [-0.39, 0.29) is 5.76 Å². The van der Waals surface area contributed by atoms with Gasteiger partial charge in [-0.05, 0) is 6.07 Å². The zero-order chi connectivity index (χ0) is 12.3. The normalized spacial score (nSPS) is 24.1. The summed E-state index contributed by atoms with van der Waals surface area (Å²) in [6.07, 6.45) is 1.94. The first-order valence-electron chi connectivity index (χ1n) is 5.41. The Labute approximate surface area is 98.2 Å². The van der Waals surface area contributed by atoms with Gasteiger partial charge in [0.2, 0.25) is 5.76 Å². The van der Waals surface area contributed by atoms with E-state index >= 15 is 0 Å². The van der Waals surface area contributed by atoms with Crippen LogP contribution in [-0.2, 0) is 11.3 Å². The Bertz CT molecular complexity index is 394. The maximum absolute atomic E-state index is 10.8. The Kier molecular flexibility index (Phi) is 3.46. The van der Waals surface area contributed by atoms with Crippen molar-refractivity contribution in [3.63, 3.8) is 0 Å². The summed E-state index contributed by atoms with van der Waals surface area (Å²) >= 11 is 0. The van der Waals surface area contributed by atoms with Crippen molar-refractivity contribution in [3.05, 3.63) is 23.7 Å². The minimum absolute atomic E-state index is 0.0628. The average molecular weight is 241 g/mol. The zero-order valence-corrected chi connectivity index (χ0v) is 9.31. The maximum Gasteiger partial charge on any atom is 0.372 e. The van der Waals surface area contributed by atoms with E-state index < -0.39 is 11.6 Å². The van der Waals surface area contributed by atoms with E-state index in [2.05, 4.69) is 5.32 Å². The molecule has 6 nitrogen and oxygen atoms in total. The number of carboxylic acid groups (broad SMARTS) is 1. The molecule has 1 fully saturated rings. The number of furan rings is 1. The molecule has 94 valence electrons. The molecule has 1 saturated heterocycles. The molecule has 0 saturated carbocycles. The molecule has 1 unspecified atom stereocenters. The van der Waals surface area contributed by atoms with E-state index in [0.29, 0.717) is 38.3 Å².